The van der Waals surface area contributed by atoms with Gasteiger partial charge in [0, 0.05) is 12.2 Å². The molecule has 2 N–H and O–H groups in total. The fraction of sp³-hybridized carbons (Fsp3) is 0.500. The smallest absolute Gasteiger partial charge is 0.239 e. The van der Waals surface area contributed by atoms with Crippen LogP contribution >= 0.6 is 0 Å². The minimum Gasteiger partial charge on any atom is -0.376 e. The van der Waals surface area contributed by atoms with Crippen LogP contribution in [0.2, 0.25) is 0 Å². The van der Waals surface area contributed by atoms with E-state index in [1.165, 1.54) is 6.42 Å². The highest BCUT2D eigenvalue weighted by Gasteiger charge is 2.45. The molecule has 0 spiro atoms. The van der Waals surface area contributed by atoms with Crippen LogP contribution in [0.5, 0.6) is 0 Å². The molecule has 3 nitrogen and oxygen atoms in total. The molecule has 1 unspecified atom stereocenters. The molecule has 2 rings (SSSR count). The normalized spacial score (nSPS) is 20.7. The lowest BCUT2D eigenvalue weighted by molar-refractivity contribution is -0.119. The van der Waals surface area contributed by atoms with Crippen molar-refractivity contribution in [3.63, 3.8) is 0 Å². The van der Waals surface area contributed by atoms with Crippen LogP contribution < -0.4 is 10.6 Å². The lowest BCUT2D eigenvalue weighted by atomic mass is 10.1. The van der Waals surface area contributed by atoms with Crippen LogP contribution in [-0.2, 0) is 4.79 Å². The van der Waals surface area contributed by atoms with Crippen LogP contribution in [0.3, 0.4) is 0 Å². The van der Waals surface area contributed by atoms with Crippen LogP contribution in [-0.4, -0.2) is 19.0 Å². The van der Waals surface area contributed by atoms with Gasteiger partial charge in [0.1, 0.15) is 0 Å². The number of benzene rings is 1. The fourth-order valence-corrected chi connectivity index (χ4v) is 1.96. The quantitative estimate of drug-likeness (QED) is 0.817. The maximum atomic E-state index is 11.6. The molecule has 0 bridgehead atoms. The molecule has 0 heterocycles. The lowest BCUT2D eigenvalue weighted by Gasteiger charge is -2.08. The minimum atomic E-state index is 0.0663. The molecule has 0 radical (unpaired) electrons. The topological polar surface area (TPSA) is 41.1 Å². The Kier molecular flexibility index (Phi) is 3.36. The van der Waals surface area contributed by atoms with E-state index in [1.807, 2.05) is 30.3 Å². The molecule has 1 atom stereocenters. The SMILES string of the molecule is CC1(C)CC1CNC(=O)CNc1ccccc1. The third-order valence-electron chi connectivity index (χ3n) is 3.49. The van der Waals surface area contributed by atoms with E-state index in [0.29, 0.717) is 17.9 Å². The van der Waals surface area contributed by atoms with E-state index in [0.717, 1.165) is 12.2 Å². The first kappa shape index (κ1) is 12.0. The Morgan fingerprint density at radius 3 is 2.59 bits per heavy atom. The molecule has 1 aromatic carbocycles. The number of para-hydroxylation sites is 1. The molecule has 0 aliphatic heterocycles. The van der Waals surface area contributed by atoms with E-state index in [1.54, 1.807) is 0 Å². The second-order valence-corrected chi connectivity index (χ2v) is 5.41. The first-order valence-electron chi connectivity index (χ1n) is 6.13. The molecule has 1 aliphatic carbocycles. The first-order valence-corrected chi connectivity index (χ1v) is 6.13. The van der Waals surface area contributed by atoms with Gasteiger partial charge in [0.25, 0.3) is 0 Å². The number of hydrogen-bond donors (Lipinski definition) is 2. The van der Waals surface area contributed by atoms with Gasteiger partial charge in [0.05, 0.1) is 6.54 Å². The largest absolute Gasteiger partial charge is 0.376 e. The van der Waals surface area contributed by atoms with Gasteiger partial charge in [0.2, 0.25) is 5.91 Å². The highest BCUT2D eigenvalue weighted by molar-refractivity contribution is 5.80. The first-order chi connectivity index (χ1) is 8.08. The second-order valence-electron chi connectivity index (χ2n) is 5.41. The average Bonchev–Trinajstić information content (AvgIpc) is 2.93. The van der Waals surface area contributed by atoms with Crippen molar-refractivity contribution >= 4 is 11.6 Å². The predicted octanol–water partition coefficient (Wildman–Crippen LogP) is 2.26. The van der Waals surface area contributed by atoms with Crippen molar-refractivity contribution in [1.29, 1.82) is 0 Å². The van der Waals surface area contributed by atoms with Gasteiger partial charge in [-0.05, 0) is 29.9 Å². The maximum absolute atomic E-state index is 11.6. The Morgan fingerprint density at radius 2 is 2.00 bits per heavy atom. The van der Waals surface area contributed by atoms with Crippen LogP contribution in [0.4, 0.5) is 5.69 Å². The summed E-state index contributed by atoms with van der Waals surface area (Å²) in [6, 6.07) is 9.77. The molecule has 3 heteroatoms. The summed E-state index contributed by atoms with van der Waals surface area (Å²) < 4.78 is 0. The van der Waals surface area contributed by atoms with Gasteiger partial charge < -0.3 is 10.6 Å². The van der Waals surface area contributed by atoms with Crippen LogP contribution in [0.25, 0.3) is 0 Å². The molecule has 1 fully saturated rings. The zero-order valence-corrected chi connectivity index (χ0v) is 10.5. The zero-order valence-electron chi connectivity index (χ0n) is 10.5. The molecular formula is C14H20N2O. The molecular weight excluding hydrogens is 212 g/mol. The van der Waals surface area contributed by atoms with E-state index < -0.39 is 0 Å². The Balaban J connectivity index is 1.65. The molecule has 0 aromatic heterocycles. The summed E-state index contributed by atoms with van der Waals surface area (Å²) in [5.74, 6) is 0.722. The van der Waals surface area contributed by atoms with E-state index >= 15 is 0 Å². The van der Waals surface area contributed by atoms with E-state index in [-0.39, 0.29) is 5.91 Å². The van der Waals surface area contributed by atoms with Crippen molar-refractivity contribution in [1.82, 2.24) is 5.32 Å². The number of amides is 1. The van der Waals surface area contributed by atoms with E-state index in [2.05, 4.69) is 24.5 Å². The summed E-state index contributed by atoms with van der Waals surface area (Å²) in [5.41, 5.74) is 1.41. The van der Waals surface area contributed by atoms with E-state index in [9.17, 15) is 4.79 Å². The third kappa shape index (κ3) is 3.48. The summed E-state index contributed by atoms with van der Waals surface area (Å²) >= 11 is 0. The fourth-order valence-electron chi connectivity index (χ4n) is 1.96. The summed E-state index contributed by atoms with van der Waals surface area (Å²) in [5, 5.41) is 6.07. The molecule has 17 heavy (non-hydrogen) atoms. The van der Waals surface area contributed by atoms with Crippen LogP contribution in [0.1, 0.15) is 20.3 Å². The van der Waals surface area contributed by atoms with Gasteiger partial charge in [-0.15, -0.1) is 0 Å². The predicted molar refractivity (Wildman–Crippen MR) is 69.8 cm³/mol. The van der Waals surface area contributed by atoms with Crippen molar-refractivity contribution in [3.05, 3.63) is 30.3 Å². The van der Waals surface area contributed by atoms with Crippen LogP contribution in [0, 0.1) is 11.3 Å². The Bertz CT molecular complexity index is 386. The monoisotopic (exact) mass is 232 g/mol. The van der Waals surface area contributed by atoms with Crippen molar-refractivity contribution in [2.75, 3.05) is 18.4 Å². The lowest BCUT2D eigenvalue weighted by Crippen LogP contribution is -2.32. The van der Waals surface area contributed by atoms with Crippen molar-refractivity contribution in [2.45, 2.75) is 20.3 Å². The van der Waals surface area contributed by atoms with Gasteiger partial charge in [0.15, 0.2) is 0 Å². The number of carbonyl (C=O) groups excluding carboxylic acids is 1. The molecule has 1 aliphatic rings. The van der Waals surface area contributed by atoms with Gasteiger partial charge in [-0.1, -0.05) is 32.0 Å². The van der Waals surface area contributed by atoms with Gasteiger partial charge >= 0.3 is 0 Å². The molecule has 92 valence electrons. The van der Waals surface area contributed by atoms with Crippen molar-refractivity contribution in [3.8, 4) is 0 Å². The highest BCUT2D eigenvalue weighted by Crippen LogP contribution is 2.50. The summed E-state index contributed by atoms with van der Waals surface area (Å²) in [7, 11) is 0. The number of hydrogen-bond acceptors (Lipinski definition) is 2. The minimum absolute atomic E-state index is 0.0663. The van der Waals surface area contributed by atoms with Crippen molar-refractivity contribution < 1.29 is 4.79 Å². The number of carbonyl (C=O) groups is 1. The van der Waals surface area contributed by atoms with Gasteiger partial charge in [-0.3, -0.25) is 4.79 Å². The summed E-state index contributed by atoms with van der Waals surface area (Å²) in [6.07, 6.45) is 1.22. The number of rotatable bonds is 5. The molecule has 1 saturated carbocycles. The van der Waals surface area contributed by atoms with Gasteiger partial charge in [-0.25, -0.2) is 0 Å². The van der Waals surface area contributed by atoms with Gasteiger partial charge in [-0.2, -0.15) is 0 Å². The number of nitrogens with one attached hydrogen (secondary N) is 2. The Hall–Kier alpha value is -1.51. The van der Waals surface area contributed by atoms with E-state index in [4.69, 9.17) is 0 Å². The zero-order chi connectivity index (χ0) is 12.3. The summed E-state index contributed by atoms with van der Waals surface area (Å²) in [4.78, 5) is 11.6. The standard InChI is InChI=1S/C14H20N2O/c1-14(2)8-11(14)9-16-13(17)10-15-12-6-4-3-5-7-12/h3-7,11,15H,8-10H2,1-2H3,(H,16,17). The molecule has 1 aromatic rings. The average molecular weight is 232 g/mol. The maximum Gasteiger partial charge on any atom is 0.239 e. The number of anilines is 1. The third-order valence-corrected chi connectivity index (χ3v) is 3.49. The highest BCUT2D eigenvalue weighted by atomic mass is 16.1. The second kappa shape index (κ2) is 4.78. The Labute approximate surface area is 103 Å². The molecule has 1 amide bonds. The summed E-state index contributed by atoms with van der Waals surface area (Å²) in [6.45, 7) is 5.64. The van der Waals surface area contributed by atoms with Crippen molar-refractivity contribution in [2.24, 2.45) is 11.3 Å². The van der Waals surface area contributed by atoms with Crippen LogP contribution in [0.15, 0.2) is 30.3 Å². The Morgan fingerprint density at radius 1 is 1.35 bits per heavy atom. The molecule has 0 saturated heterocycles.